The van der Waals surface area contributed by atoms with E-state index in [0.29, 0.717) is 5.72 Å². The summed E-state index contributed by atoms with van der Waals surface area (Å²) in [7, 11) is 0. The molecule has 0 spiro atoms. The van der Waals surface area contributed by atoms with E-state index in [1.807, 2.05) is 0 Å². The van der Waals surface area contributed by atoms with Crippen LogP contribution in [0.3, 0.4) is 0 Å². The molecule has 1 rings (SSSR count). The van der Waals surface area contributed by atoms with E-state index in [-0.39, 0.29) is 22.8 Å². The quantitative estimate of drug-likeness (QED) is 0.579. The number of hydrogen-bond donors (Lipinski definition) is 1. The summed E-state index contributed by atoms with van der Waals surface area (Å²) in [5.41, 5.74) is 0.365. The first-order valence-electron chi connectivity index (χ1n) is 3.97. The van der Waals surface area contributed by atoms with Crippen molar-refractivity contribution in [2.24, 2.45) is 0 Å². The van der Waals surface area contributed by atoms with Gasteiger partial charge in [-0.05, 0) is 18.2 Å². The zero-order valence-electron chi connectivity index (χ0n) is 7.98. The second kappa shape index (κ2) is 2.05. The van der Waals surface area contributed by atoms with Gasteiger partial charge >= 0.3 is 0 Å². The van der Waals surface area contributed by atoms with Crippen LogP contribution in [0, 0.1) is 0 Å². The molecular formula is C6H6ClN. The van der Waals surface area contributed by atoms with Crippen molar-refractivity contribution in [2.45, 2.75) is 0 Å². The highest BCUT2D eigenvalue weighted by Gasteiger charge is 1.83. The Hall–Kier alpha value is -0.690. The van der Waals surface area contributed by atoms with Crippen molar-refractivity contribution in [1.29, 1.82) is 0 Å². The van der Waals surface area contributed by atoms with Gasteiger partial charge in [-0.2, -0.15) is 0 Å². The molecule has 0 aliphatic rings. The van der Waals surface area contributed by atoms with Crippen molar-refractivity contribution in [3.8, 4) is 0 Å². The molecule has 0 saturated carbocycles. The van der Waals surface area contributed by atoms with E-state index in [2.05, 4.69) is 0 Å². The molecule has 1 aromatic rings. The van der Waals surface area contributed by atoms with Crippen LogP contribution in [0.25, 0.3) is 0 Å². The van der Waals surface area contributed by atoms with Crippen molar-refractivity contribution in [3.63, 3.8) is 0 Å². The highest BCUT2D eigenvalue weighted by atomic mass is 35.5. The Morgan fingerprint density at radius 1 is 1.88 bits per heavy atom. The molecule has 0 amide bonds. The molecule has 0 saturated heterocycles. The lowest BCUT2D eigenvalue weighted by molar-refractivity contribution is 1.69. The number of halogens is 1. The van der Waals surface area contributed by atoms with Gasteiger partial charge < -0.3 is 5.72 Å². The van der Waals surface area contributed by atoms with Gasteiger partial charge in [-0.15, -0.1) is 0 Å². The lowest BCUT2D eigenvalue weighted by atomic mass is 10.3. The summed E-state index contributed by atoms with van der Waals surface area (Å²) in [6.45, 7) is 0. The number of rotatable bonds is 1. The Bertz CT molecular complexity index is 302. The highest BCUT2D eigenvalue weighted by molar-refractivity contribution is 6.30. The van der Waals surface area contributed by atoms with Crippen molar-refractivity contribution in [3.05, 3.63) is 29.2 Å². The third-order valence-electron chi connectivity index (χ3n) is 0.689. The van der Waals surface area contributed by atoms with Gasteiger partial charge in [0.1, 0.15) is 0 Å². The summed E-state index contributed by atoms with van der Waals surface area (Å²) in [4.78, 5) is 0. The van der Waals surface area contributed by atoms with Crippen LogP contribution in [0.15, 0.2) is 24.2 Å². The van der Waals surface area contributed by atoms with Crippen LogP contribution in [0.5, 0.6) is 0 Å². The molecule has 0 aliphatic carbocycles. The van der Waals surface area contributed by atoms with Gasteiger partial charge in [-0.3, -0.25) is 0 Å². The van der Waals surface area contributed by atoms with E-state index >= 15 is 0 Å². The minimum Gasteiger partial charge on any atom is -0.399 e. The lowest BCUT2D eigenvalue weighted by Gasteiger charge is -1.89. The van der Waals surface area contributed by atoms with Gasteiger partial charge in [0.25, 0.3) is 0 Å². The SMILES string of the molecule is [2H]c1ccc(N([2H])[2H])c([2H])c1Cl. The Balaban J connectivity index is 3.27. The molecule has 8 heavy (non-hydrogen) atoms. The maximum absolute atomic E-state index is 7.33. The van der Waals surface area contributed by atoms with Gasteiger partial charge in [0, 0.05) is 10.7 Å². The number of benzene rings is 1. The third kappa shape index (κ3) is 1.14. The average molecular weight is 132 g/mol. The number of nitrogens with two attached hydrogens (primary N) is 1. The molecule has 0 unspecified atom stereocenters. The second-order valence-electron chi connectivity index (χ2n) is 1.30. The predicted molar refractivity (Wildman–Crippen MR) is 35.9 cm³/mol. The molecule has 42 valence electrons. The Morgan fingerprint density at radius 2 is 2.75 bits per heavy atom. The highest BCUT2D eigenvalue weighted by Crippen LogP contribution is 2.10. The Kier molecular flexibility index (Phi) is 0.584. The van der Waals surface area contributed by atoms with Crippen LogP contribution < -0.4 is 5.72 Å². The minimum atomic E-state index is -0.158. The first-order valence-corrected chi connectivity index (χ1v) is 2.45. The van der Waals surface area contributed by atoms with Gasteiger partial charge in [0.2, 0.25) is 0 Å². The van der Waals surface area contributed by atoms with Crippen LogP contribution >= 0.6 is 11.6 Å². The Morgan fingerprint density at radius 3 is 3.50 bits per heavy atom. The second-order valence-corrected chi connectivity index (χ2v) is 1.68. The summed E-state index contributed by atoms with van der Waals surface area (Å²) in [6, 6.07) is 2.57. The Labute approximate surface area is 58.8 Å². The van der Waals surface area contributed by atoms with E-state index in [1.165, 1.54) is 12.1 Å². The zero-order valence-corrected chi connectivity index (χ0v) is 4.74. The fourth-order valence-corrected chi connectivity index (χ4v) is 0.544. The molecule has 0 fully saturated rings. The maximum Gasteiger partial charge on any atom is 0.156 e. The summed E-state index contributed by atoms with van der Waals surface area (Å²) in [6.07, 6.45) is 0. The van der Waals surface area contributed by atoms with Gasteiger partial charge in [0.15, 0.2) is 2.82 Å². The molecule has 1 nitrogen and oxygen atoms in total. The summed E-state index contributed by atoms with van der Waals surface area (Å²) < 4.78 is 28.3. The standard InChI is InChI=1S/C6H6ClN/c7-5-2-1-3-6(8)4-5/h1-4H,8H2/i2D,4D/hD2. The molecule has 0 bridgehead atoms. The van der Waals surface area contributed by atoms with Gasteiger partial charge in [0.05, 0.1) is 2.74 Å². The lowest BCUT2D eigenvalue weighted by Crippen LogP contribution is -1.80. The number of nitrogen functional groups attached to an aromatic ring is 1. The molecule has 0 heterocycles. The molecule has 0 aromatic heterocycles. The maximum atomic E-state index is 7.33. The van der Waals surface area contributed by atoms with Crippen LogP contribution in [0.4, 0.5) is 5.69 Å². The summed E-state index contributed by atoms with van der Waals surface area (Å²) >= 11 is 5.56. The van der Waals surface area contributed by atoms with Crippen molar-refractivity contribution in [1.82, 2.24) is 0 Å². The number of anilines is 1. The topological polar surface area (TPSA) is 26.0 Å². The number of hydrogen-bond acceptors (Lipinski definition) is 1. The van der Waals surface area contributed by atoms with Crippen molar-refractivity contribution in [2.75, 3.05) is 5.72 Å². The smallest absolute Gasteiger partial charge is 0.156 e. The monoisotopic (exact) mass is 131 g/mol. The summed E-state index contributed by atoms with van der Waals surface area (Å²) in [5, 5.41) is -0.0306. The van der Waals surface area contributed by atoms with Crippen molar-refractivity contribution < 1.29 is 5.57 Å². The third-order valence-corrected chi connectivity index (χ3v) is 0.893. The van der Waals surface area contributed by atoms with E-state index in [1.54, 1.807) is 0 Å². The fraction of sp³-hybridized carbons (Fsp3) is 0. The molecule has 1 aromatic carbocycles. The predicted octanol–water partition coefficient (Wildman–Crippen LogP) is 1.92. The van der Waals surface area contributed by atoms with E-state index in [0.717, 1.165) is 0 Å². The van der Waals surface area contributed by atoms with Crippen molar-refractivity contribution >= 4 is 17.3 Å². The largest absolute Gasteiger partial charge is 0.399 e. The van der Waals surface area contributed by atoms with Crippen LogP contribution in [0.2, 0.25) is 7.85 Å². The molecular weight excluding hydrogens is 122 g/mol. The van der Waals surface area contributed by atoms with Gasteiger partial charge in [-0.1, -0.05) is 17.7 Å². The van der Waals surface area contributed by atoms with Crippen LogP contribution in [0.1, 0.15) is 2.74 Å². The minimum absolute atomic E-state index is 0.0306. The first-order chi connectivity index (χ1) is 5.54. The van der Waals surface area contributed by atoms with Crippen LogP contribution in [-0.4, -0.2) is 0 Å². The first kappa shape index (κ1) is 2.28. The zero-order chi connectivity index (χ0) is 9.30. The van der Waals surface area contributed by atoms with E-state index < -0.39 is 0 Å². The van der Waals surface area contributed by atoms with Gasteiger partial charge in [-0.25, -0.2) is 0 Å². The molecule has 2 heteroatoms. The molecule has 2 N–H and O–H groups in total. The van der Waals surface area contributed by atoms with E-state index in [9.17, 15) is 0 Å². The summed E-state index contributed by atoms with van der Waals surface area (Å²) in [5.74, 6) is 0. The fourth-order valence-electron chi connectivity index (χ4n) is 0.384. The molecule has 0 atom stereocenters. The molecule has 0 radical (unpaired) electrons. The molecule has 0 aliphatic heterocycles. The van der Waals surface area contributed by atoms with E-state index in [4.69, 9.17) is 17.2 Å². The van der Waals surface area contributed by atoms with Crippen LogP contribution in [-0.2, 0) is 0 Å². The normalized spacial score (nSPS) is 15.6. The average Bonchev–Trinajstić information content (AvgIpc) is 2.00.